The van der Waals surface area contributed by atoms with E-state index >= 15 is 0 Å². The number of hydrogen-bond acceptors (Lipinski definition) is 3. The zero-order chi connectivity index (χ0) is 16.0. The van der Waals surface area contributed by atoms with Gasteiger partial charge < -0.3 is 4.74 Å². The van der Waals surface area contributed by atoms with E-state index in [4.69, 9.17) is 16.3 Å². The summed E-state index contributed by atoms with van der Waals surface area (Å²) < 4.78 is 31.7. The van der Waals surface area contributed by atoms with Gasteiger partial charge in [0.05, 0.1) is 23.6 Å². The first-order valence-electron chi connectivity index (χ1n) is 6.40. The van der Waals surface area contributed by atoms with Crippen molar-refractivity contribution in [2.45, 2.75) is 4.90 Å². The first kappa shape index (κ1) is 16.4. The molecule has 0 atom stereocenters. The second-order valence-corrected chi connectivity index (χ2v) is 6.46. The Labute approximate surface area is 135 Å². The van der Waals surface area contributed by atoms with Crippen LogP contribution in [0.15, 0.2) is 53.4 Å². The third-order valence-corrected chi connectivity index (χ3v) is 4.53. The Hall–Kier alpha value is -2.00. The summed E-state index contributed by atoms with van der Waals surface area (Å²) >= 11 is 5.97. The van der Waals surface area contributed by atoms with Gasteiger partial charge in [0.2, 0.25) is 10.0 Å². The summed E-state index contributed by atoms with van der Waals surface area (Å²) in [6.45, 7) is -0.00916. The van der Waals surface area contributed by atoms with Crippen molar-refractivity contribution in [3.63, 3.8) is 0 Å². The van der Waals surface area contributed by atoms with Crippen LogP contribution in [0.1, 0.15) is 5.56 Å². The summed E-state index contributed by atoms with van der Waals surface area (Å²) in [4.78, 5) is 0.131. The SMILES string of the molecule is COc1cccc(S(=O)(=O)NCC#Cc2ccccc2Cl)c1. The van der Waals surface area contributed by atoms with Gasteiger partial charge in [-0.25, -0.2) is 8.42 Å². The van der Waals surface area contributed by atoms with E-state index in [9.17, 15) is 8.42 Å². The maximum Gasteiger partial charge on any atom is 0.241 e. The lowest BCUT2D eigenvalue weighted by Crippen LogP contribution is -2.24. The lowest BCUT2D eigenvalue weighted by Gasteiger charge is -2.05. The predicted molar refractivity (Wildman–Crippen MR) is 86.5 cm³/mol. The van der Waals surface area contributed by atoms with E-state index in [2.05, 4.69) is 16.6 Å². The molecule has 22 heavy (non-hydrogen) atoms. The molecule has 0 amide bonds. The maximum absolute atomic E-state index is 12.1. The number of nitrogens with one attached hydrogen (secondary N) is 1. The van der Waals surface area contributed by atoms with Crippen LogP contribution in [0.4, 0.5) is 0 Å². The quantitative estimate of drug-likeness (QED) is 0.874. The van der Waals surface area contributed by atoms with Crippen LogP contribution < -0.4 is 9.46 Å². The summed E-state index contributed by atoms with van der Waals surface area (Å²) in [5, 5.41) is 0.533. The maximum atomic E-state index is 12.1. The Kier molecular flexibility index (Phi) is 5.45. The zero-order valence-corrected chi connectivity index (χ0v) is 13.4. The van der Waals surface area contributed by atoms with E-state index in [1.54, 1.807) is 30.3 Å². The van der Waals surface area contributed by atoms with Gasteiger partial charge in [0, 0.05) is 11.6 Å². The zero-order valence-electron chi connectivity index (χ0n) is 11.8. The van der Waals surface area contributed by atoms with Crippen molar-refractivity contribution in [3.8, 4) is 17.6 Å². The van der Waals surface area contributed by atoms with Crippen molar-refractivity contribution in [1.82, 2.24) is 4.72 Å². The highest BCUT2D eigenvalue weighted by molar-refractivity contribution is 7.89. The van der Waals surface area contributed by atoms with Gasteiger partial charge in [-0.05, 0) is 24.3 Å². The molecular weight excluding hydrogens is 322 g/mol. The largest absolute Gasteiger partial charge is 0.497 e. The molecule has 2 rings (SSSR count). The minimum Gasteiger partial charge on any atom is -0.497 e. The molecule has 4 nitrogen and oxygen atoms in total. The summed E-state index contributed by atoms with van der Waals surface area (Å²) in [5.41, 5.74) is 0.657. The fourth-order valence-electron chi connectivity index (χ4n) is 1.68. The molecule has 0 radical (unpaired) electrons. The first-order valence-corrected chi connectivity index (χ1v) is 8.26. The van der Waals surface area contributed by atoms with E-state index in [1.807, 2.05) is 6.07 Å². The Balaban J connectivity index is 2.06. The minimum atomic E-state index is -3.62. The summed E-state index contributed by atoms with van der Waals surface area (Å²) in [6, 6.07) is 13.3. The third kappa shape index (κ3) is 4.25. The van der Waals surface area contributed by atoms with Crippen LogP contribution in [0, 0.1) is 11.8 Å². The van der Waals surface area contributed by atoms with E-state index in [-0.39, 0.29) is 11.4 Å². The second-order valence-electron chi connectivity index (χ2n) is 4.29. The van der Waals surface area contributed by atoms with Gasteiger partial charge in [0.15, 0.2) is 0 Å². The molecular formula is C16H14ClNO3S. The molecule has 6 heteroatoms. The molecule has 2 aromatic rings. The summed E-state index contributed by atoms with van der Waals surface area (Å²) in [7, 11) is -2.14. The van der Waals surface area contributed by atoms with Crippen LogP contribution in [0.5, 0.6) is 5.75 Å². The van der Waals surface area contributed by atoms with Gasteiger partial charge in [-0.15, -0.1) is 0 Å². The molecule has 114 valence electrons. The van der Waals surface area contributed by atoms with Crippen LogP contribution in [0.25, 0.3) is 0 Å². The van der Waals surface area contributed by atoms with Gasteiger partial charge in [-0.2, -0.15) is 4.72 Å². The molecule has 0 fully saturated rings. The highest BCUT2D eigenvalue weighted by atomic mass is 35.5. The lowest BCUT2D eigenvalue weighted by molar-refractivity contribution is 0.413. The van der Waals surface area contributed by atoms with E-state index in [0.29, 0.717) is 16.3 Å². The average molecular weight is 336 g/mol. The Morgan fingerprint density at radius 3 is 2.68 bits per heavy atom. The molecule has 2 aromatic carbocycles. The van der Waals surface area contributed by atoms with Gasteiger partial charge in [0.25, 0.3) is 0 Å². The van der Waals surface area contributed by atoms with Crippen molar-refractivity contribution >= 4 is 21.6 Å². The number of hydrogen-bond donors (Lipinski definition) is 1. The average Bonchev–Trinajstić information content (AvgIpc) is 2.53. The van der Waals surface area contributed by atoms with Gasteiger partial charge in [0.1, 0.15) is 5.75 Å². The summed E-state index contributed by atoms with van der Waals surface area (Å²) in [6.07, 6.45) is 0. The van der Waals surface area contributed by atoms with Crippen LogP contribution in [-0.2, 0) is 10.0 Å². The van der Waals surface area contributed by atoms with E-state index in [0.717, 1.165) is 0 Å². The molecule has 0 heterocycles. The van der Waals surface area contributed by atoms with Crippen LogP contribution in [-0.4, -0.2) is 22.1 Å². The minimum absolute atomic E-state index is 0.00916. The lowest BCUT2D eigenvalue weighted by atomic mass is 10.2. The summed E-state index contributed by atoms with van der Waals surface area (Å²) in [5.74, 6) is 6.04. The third-order valence-electron chi connectivity index (χ3n) is 2.80. The Morgan fingerprint density at radius 1 is 1.18 bits per heavy atom. The predicted octanol–water partition coefficient (Wildman–Crippen LogP) is 2.68. The fraction of sp³-hybridized carbons (Fsp3) is 0.125. The molecule has 1 N–H and O–H groups in total. The van der Waals surface area contributed by atoms with Gasteiger partial charge in [-0.3, -0.25) is 0 Å². The van der Waals surface area contributed by atoms with Crippen molar-refractivity contribution < 1.29 is 13.2 Å². The van der Waals surface area contributed by atoms with E-state index in [1.165, 1.54) is 19.2 Å². The first-order chi connectivity index (χ1) is 10.5. The molecule has 0 aliphatic rings. The van der Waals surface area contributed by atoms with Crippen LogP contribution in [0.3, 0.4) is 0 Å². The molecule has 0 saturated heterocycles. The number of rotatable bonds is 4. The van der Waals surface area contributed by atoms with Crippen LogP contribution in [0.2, 0.25) is 5.02 Å². The molecule has 0 saturated carbocycles. The Bertz CT molecular complexity index is 823. The van der Waals surface area contributed by atoms with Crippen molar-refractivity contribution in [2.24, 2.45) is 0 Å². The second kappa shape index (κ2) is 7.32. The highest BCUT2D eigenvalue weighted by Crippen LogP contribution is 2.16. The monoisotopic (exact) mass is 335 g/mol. The topological polar surface area (TPSA) is 55.4 Å². The number of methoxy groups -OCH3 is 1. The van der Waals surface area contributed by atoms with Crippen molar-refractivity contribution in [3.05, 3.63) is 59.1 Å². The smallest absolute Gasteiger partial charge is 0.241 e. The highest BCUT2D eigenvalue weighted by Gasteiger charge is 2.13. The number of sulfonamides is 1. The standard InChI is InChI=1S/C16H14ClNO3S/c1-21-14-8-4-9-15(12-14)22(19,20)18-11-5-7-13-6-2-3-10-16(13)17/h2-4,6,8-10,12,18H,11H2,1H3. The molecule has 0 aliphatic heterocycles. The van der Waals surface area contributed by atoms with E-state index < -0.39 is 10.0 Å². The fourth-order valence-corrected chi connectivity index (χ4v) is 2.83. The molecule has 0 aliphatic carbocycles. The molecule has 0 unspecified atom stereocenters. The molecule has 0 spiro atoms. The van der Waals surface area contributed by atoms with Gasteiger partial charge in [-0.1, -0.05) is 41.6 Å². The normalized spacial score (nSPS) is 10.6. The van der Waals surface area contributed by atoms with Crippen LogP contribution >= 0.6 is 11.6 Å². The Morgan fingerprint density at radius 2 is 1.95 bits per heavy atom. The number of halogens is 1. The molecule has 0 aromatic heterocycles. The van der Waals surface area contributed by atoms with Gasteiger partial charge >= 0.3 is 0 Å². The van der Waals surface area contributed by atoms with Crippen molar-refractivity contribution in [1.29, 1.82) is 0 Å². The van der Waals surface area contributed by atoms with Crippen molar-refractivity contribution in [2.75, 3.05) is 13.7 Å². The number of ether oxygens (including phenoxy) is 1. The number of benzene rings is 2. The molecule has 0 bridgehead atoms.